The second kappa shape index (κ2) is 7.46. The van der Waals surface area contributed by atoms with Crippen LogP contribution in [0.5, 0.6) is 0 Å². The van der Waals surface area contributed by atoms with Gasteiger partial charge in [-0.1, -0.05) is 0 Å². The van der Waals surface area contributed by atoms with E-state index in [0.717, 1.165) is 12.8 Å². The van der Waals surface area contributed by atoms with E-state index in [1.165, 1.54) is 13.8 Å². The number of rotatable bonds is 6. The zero-order chi connectivity index (χ0) is 12.6. The predicted octanol–water partition coefficient (Wildman–Crippen LogP) is 1.22. The lowest BCUT2D eigenvalue weighted by molar-refractivity contribution is -0.133. The second-order valence-corrected chi connectivity index (χ2v) is 3.43. The number of hydrogen-bond donors (Lipinski definition) is 2. The molecule has 0 atom stereocenters. The van der Waals surface area contributed by atoms with Crippen molar-refractivity contribution in [3.63, 3.8) is 0 Å². The van der Waals surface area contributed by atoms with Gasteiger partial charge in [-0.15, -0.1) is 0 Å². The number of amides is 1. The lowest BCUT2D eigenvalue weighted by atomic mass is 10.1. The van der Waals surface area contributed by atoms with Crippen LogP contribution in [0, 0.1) is 11.3 Å². The Kier molecular flexibility index (Phi) is 6.61. The van der Waals surface area contributed by atoms with Gasteiger partial charge in [0.25, 0.3) is 0 Å². The number of aliphatic carboxylic acids is 1. The third kappa shape index (κ3) is 5.15. The molecule has 0 saturated carbocycles. The van der Waals surface area contributed by atoms with Crippen molar-refractivity contribution in [1.82, 2.24) is 5.32 Å². The van der Waals surface area contributed by atoms with Gasteiger partial charge in [0.2, 0.25) is 5.91 Å². The summed E-state index contributed by atoms with van der Waals surface area (Å²) in [7, 11) is 0. The first-order chi connectivity index (χ1) is 7.50. The summed E-state index contributed by atoms with van der Waals surface area (Å²) in [5.74, 6) is -1.45. The summed E-state index contributed by atoms with van der Waals surface area (Å²) >= 11 is 0. The van der Waals surface area contributed by atoms with Crippen LogP contribution in [0.2, 0.25) is 0 Å². The first-order valence-corrected chi connectivity index (χ1v) is 5.06. The van der Waals surface area contributed by atoms with Crippen molar-refractivity contribution < 1.29 is 14.7 Å². The number of nitrogens with zero attached hydrogens (tertiary/aromatic N) is 1. The standard InChI is InChI=1S/C11H16N2O3/c1-8(9(2)11(15)16)10(14)13-7-5-3-4-6-12/h3-5,7H2,1-2H3,(H,13,14)(H,15,16). The van der Waals surface area contributed by atoms with Crippen molar-refractivity contribution in [2.24, 2.45) is 0 Å². The smallest absolute Gasteiger partial charge is 0.331 e. The summed E-state index contributed by atoms with van der Waals surface area (Å²) < 4.78 is 0. The largest absolute Gasteiger partial charge is 0.478 e. The first kappa shape index (κ1) is 14.2. The number of carboxylic acid groups (broad SMARTS) is 1. The molecule has 0 rings (SSSR count). The lowest BCUT2D eigenvalue weighted by Gasteiger charge is -2.05. The summed E-state index contributed by atoms with van der Waals surface area (Å²) in [4.78, 5) is 22.0. The molecule has 0 aliphatic carbocycles. The number of nitriles is 1. The molecular formula is C11H16N2O3. The minimum atomic E-state index is -1.09. The van der Waals surface area contributed by atoms with Crippen LogP contribution in [0.25, 0.3) is 0 Å². The normalized spacial score (nSPS) is 11.3. The summed E-state index contributed by atoms with van der Waals surface area (Å²) in [5, 5.41) is 19.6. The Hall–Kier alpha value is -1.83. The molecular weight excluding hydrogens is 208 g/mol. The molecule has 5 nitrogen and oxygen atoms in total. The van der Waals surface area contributed by atoms with Crippen LogP contribution in [0.3, 0.4) is 0 Å². The molecule has 0 spiro atoms. The fourth-order valence-electron chi connectivity index (χ4n) is 0.994. The van der Waals surface area contributed by atoms with E-state index >= 15 is 0 Å². The van der Waals surface area contributed by atoms with Crippen LogP contribution in [-0.4, -0.2) is 23.5 Å². The van der Waals surface area contributed by atoms with Crippen molar-refractivity contribution >= 4 is 11.9 Å². The van der Waals surface area contributed by atoms with Gasteiger partial charge in [0.1, 0.15) is 0 Å². The Balaban J connectivity index is 4.04. The number of nitrogens with one attached hydrogen (secondary N) is 1. The van der Waals surface area contributed by atoms with Gasteiger partial charge in [-0.25, -0.2) is 4.79 Å². The molecule has 0 aromatic rings. The van der Waals surface area contributed by atoms with E-state index in [2.05, 4.69) is 5.32 Å². The second-order valence-electron chi connectivity index (χ2n) is 3.43. The maximum atomic E-state index is 11.4. The molecule has 0 aromatic carbocycles. The van der Waals surface area contributed by atoms with Gasteiger partial charge < -0.3 is 10.4 Å². The van der Waals surface area contributed by atoms with Gasteiger partial charge in [-0.2, -0.15) is 5.26 Å². The third-order valence-corrected chi connectivity index (χ3v) is 2.22. The van der Waals surface area contributed by atoms with E-state index in [4.69, 9.17) is 10.4 Å². The zero-order valence-corrected chi connectivity index (χ0v) is 9.54. The van der Waals surface area contributed by atoms with E-state index in [9.17, 15) is 9.59 Å². The summed E-state index contributed by atoms with van der Waals surface area (Å²) in [5.41, 5.74) is 0.266. The number of carbonyl (C=O) groups excluding carboxylic acids is 1. The minimum absolute atomic E-state index is 0.0505. The fourth-order valence-corrected chi connectivity index (χ4v) is 0.994. The molecule has 0 aliphatic rings. The highest BCUT2D eigenvalue weighted by atomic mass is 16.4. The monoisotopic (exact) mass is 224 g/mol. The van der Waals surface area contributed by atoms with Crippen LogP contribution >= 0.6 is 0 Å². The summed E-state index contributed by atoms with van der Waals surface area (Å²) in [6, 6.07) is 2.01. The van der Waals surface area contributed by atoms with Gasteiger partial charge >= 0.3 is 5.97 Å². The highest BCUT2D eigenvalue weighted by Crippen LogP contribution is 2.03. The van der Waals surface area contributed by atoms with Crippen molar-refractivity contribution in [3.05, 3.63) is 11.1 Å². The molecule has 0 fully saturated rings. The minimum Gasteiger partial charge on any atom is -0.478 e. The quantitative estimate of drug-likeness (QED) is 0.524. The SMILES string of the molecule is CC(C(=O)O)=C(C)C(=O)NCCCCC#N. The van der Waals surface area contributed by atoms with E-state index in [0.29, 0.717) is 13.0 Å². The van der Waals surface area contributed by atoms with Gasteiger partial charge in [0.15, 0.2) is 0 Å². The number of carboxylic acids is 1. The molecule has 0 radical (unpaired) electrons. The van der Waals surface area contributed by atoms with E-state index in [1.807, 2.05) is 6.07 Å². The molecule has 1 amide bonds. The molecule has 16 heavy (non-hydrogen) atoms. The molecule has 88 valence electrons. The number of unbranched alkanes of at least 4 members (excludes halogenated alkanes) is 2. The molecule has 2 N–H and O–H groups in total. The maximum absolute atomic E-state index is 11.4. The first-order valence-electron chi connectivity index (χ1n) is 5.06. The Morgan fingerprint density at radius 3 is 2.38 bits per heavy atom. The van der Waals surface area contributed by atoms with Crippen LogP contribution < -0.4 is 5.32 Å². The molecule has 0 saturated heterocycles. The molecule has 0 heterocycles. The van der Waals surface area contributed by atoms with Gasteiger partial charge in [-0.05, 0) is 26.7 Å². The van der Waals surface area contributed by atoms with Crippen LogP contribution in [0.4, 0.5) is 0 Å². The van der Waals surface area contributed by atoms with Gasteiger partial charge in [0, 0.05) is 24.1 Å². The van der Waals surface area contributed by atoms with E-state index in [1.54, 1.807) is 0 Å². The molecule has 0 aromatic heterocycles. The molecule has 0 aliphatic heterocycles. The average molecular weight is 224 g/mol. The van der Waals surface area contributed by atoms with E-state index in [-0.39, 0.29) is 17.1 Å². The van der Waals surface area contributed by atoms with Crippen molar-refractivity contribution in [2.45, 2.75) is 33.1 Å². The molecule has 0 unspecified atom stereocenters. The van der Waals surface area contributed by atoms with Crippen LogP contribution in [-0.2, 0) is 9.59 Å². The highest BCUT2D eigenvalue weighted by molar-refractivity contribution is 6.01. The highest BCUT2D eigenvalue weighted by Gasteiger charge is 2.11. The number of hydrogen-bond acceptors (Lipinski definition) is 3. The zero-order valence-electron chi connectivity index (χ0n) is 9.54. The average Bonchev–Trinajstić information content (AvgIpc) is 2.26. The topological polar surface area (TPSA) is 90.2 Å². The Labute approximate surface area is 94.8 Å². The maximum Gasteiger partial charge on any atom is 0.331 e. The summed E-state index contributed by atoms with van der Waals surface area (Å²) in [6.07, 6.45) is 1.93. The Bertz CT molecular complexity index is 340. The van der Waals surface area contributed by atoms with Crippen molar-refractivity contribution in [3.8, 4) is 6.07 Å². The Morgan fingerprint density at radius 2 is 1.88 bits per heavy atom. The Morgan fingerprint density at radius 1 is 1.25 bits per heavy atom. The van der Waals surface area contributed by atoms with Crippen LogP contribution in [0.1, 0.15) is 33.1 Å². The lowest BCUT2D eigenvalue weighted by Crippen LogP contribution is -2.26. The molecule has 0 bridgehead atoms. The van der Waals surface area contributed by atoms with Crippen LogP contribution in [0.15, 0.2) is 11.1 Å². The van der Waals surface area contributed by atoms with Crippen molar-refractivity contribution in [2.75, 3.05) is 6.54 Å². The fraction of sp³-hybridized carbons (Fsp3) is 0.545. The van der Waals surface area contributed by atoms with Gasteiger partial charge in [-0.3, -0.25) is 4.79 Å². The van der Waals surface area contributed by atoms with E-state index < -0.39 is 5.97 Å². The molecule has 5 heteroatoms. The number of carbonyl (C=O) groups is 2. The van der Waals surface area contributed by atoms with Crippen molar-refractivity contribution in [1.29, 1.82) is 5.26 Å². The predicted molar refractivity (Wildman–Crippen MR) is 58.5 cm³/mol. The third-order valence-electron chi connectivity index (χ3n) is 2.22. The van der Waals surface area contributed by atoms with Gasteiger partial charge in [0.05, 0.1) is 6.07 Å². The summed E-state index contributed by atoms with van der Waals surface area (Å²) in [6.45, 7) is 3.34.